The van der Waals surface area contributed by atoms with Gasteiger partial charge in [0.05, 0.1) is 11.3 Å². The van der Waals surface area contributed by atoms with Gasteiger partial charge in [-0.3, -0.25) is 0 Å². The molecule has 1 aliphatic rings. The second kappa shape index (κ2) is 7.33. The van der Waals surface area contributed by atoms with Gasteiger partial charge in [0, 0.05) is 18.0 Å². The van der Waals surface area contributed by atoms with Crippen molar-refractivity contribution < 1.29 is 22.7 Å². The number of aromatic hydroxyl groups is 1. The molecule has 1 fully saturated rings. The second-order valence-corrected chi connectivity index (χ2v) is 7.49. The van der Waals surface area contributed by atoms with E-state index >= 15 is 0 Å². The van der Waals surface area contributed by atoms with E-state index in [1.54, 1.807) is 12.1 Å². The topological polar surface area (TPSA) is 62.4 Å². The number of hydrogen-bond acceptors (Lipinski definition) is 5. The largest absolute Gasteiger partial charge is 0.507 e. The Bertz CT molecular complexity index is 1020. The number of benzene rings is 1. The number of nitrogens with zero attached hydrogens (tertiary/aromatic N) is 3. The van der Waals surface area contributed by atoms with Crippen LogP contribution in [0.2, 0.25) is 0 Å². The van der Waals surface area contributed by atoms with Crippen molar-refractivity contribution in [3.8, 4) is 17.0 Å². The summed E-state index contributed by atoms with van der Waals surface area (Å²) in [6.45, 7) is 6.58. The number of phenolic OH excluding ortho intramolecular Hbond substituents is 1. The second-order valence-electron chi connectivity index (χ2n) is 7.49. The molecule has 1 unspecified atom stereocenters. The van der Waals surface area contributed by atoms with E-state index in [-0.39, 0.29) is 11.5 Å². The minimum absolute atomic E-state index is 0.197. The molecular formula is C21H22F3N3O2. The van der Waals surface area contributed by atoms with Crippen LogP contribution in [-0.2, 0) is 6.18 Å². The molecule has 2 aromatic heterocycles. The van der Waals surface area contributed by atoms with E-state index in [0.29, 0.717) is 28.4 Å². The van der Waals surface area contributed by atoms with Crippen LogP contribution in [0.5, 0.6) is 5.75 Å². The van der Waals surface area contributed by atoms with E-state index in [1.165, 1.54) is 6.92 Å². The SMILES string of the molecule is CCN1CCCC(c2nc3nc(-c4c(C)cc(C(F)(F)F)cc4O)ccc3o2)C1. The van der Waals surface area contributed by atoms with Gasteiger partial charge in [0.25, 0.3) is 0 Å². The molecule has 0 amide bonds. The third-order valence-electron chi connectivity index (χ3n) is 5.47. The van der Waals surface area contributed by atoms with Gasteiger partial charge in [-0.15, -0.1) is 0 Å². The molecule has 0 bridgehead atoms. The van der Waals surface area contributed by atoms with Crippen molar-refractivity contribution >= 4 is 11.2 Å². The number of aromatic nitrogens is 2. The fraction of sp³-hybridized carbons (Fsp3) is 0.429. The first-order valence-corrected chi connectivity index (χ1v) is 9.67. The molecule has 4 rings (SSSR count). The summed E-state index contributed by atoms with van der Waals surface area (Å²) in [6, 6.07) is 5.07. The normalized spacial score (nSPS) is 18.4. The Labute approximate surface area is 166 Å². The molecular weight excluding hydrogens is 383 g/mol. The first-order valence-electron chi connectivity index (χ1n) is 9.67. The summed E-state index contributed by atoms with van der Waals surface area (Å²) in [5, 5.41) is 10.2. The Hall–Kier alpha value is -2.61. The smallest absolute Gasteiger partial charge is 0.416 e. The number of pyridine rings is 1. The summed E-state index contributed by atoms with van der Waals surface area (Å²) < 4.78 is 44.8. The third kappa shape index (κ3) is 3.81. The fourth-order valence-electron chi connectivity index (χ4n) is 3.96. The van der Waals surface area contributed by atoms with Crippen molar-refractivity contribution in [2.75, 3.05) is 19.6 Å². The summed E-state index contributed by atoms with van der Waals surface area (Å²) in [5.74, 6) is 0.373. The van der Waals surface area contributed by atoms with Crippen molar-refractivity contribution in [2.24, 2.45) is 0 Å². The molecule has 1 atom stereocenters. The average Bonchev–Trinajstić information content (AvgIpc) is 3.10. The highest BCUT2D eigenvalue weighted by molar-refractivity contribution is 5.77. The molecule has 1 aliphatic heterocycles. The lowest BCUT2D eigenvalue weighted by Crippen LogP contribution is -2.34. The van der Waals surface area contributed by atoms with Crippen LogP contribution in [0.1, 0.15) is 42.7 Å². The molecule has 3 heterocycles. The van der Waals surface area contributed by atoms with E-state index in [1.807, 2.05) is 0 Å². The maximum Gasteiger partial charge on any atom is 0.416 e. The first kappa shape index (κ1) is 19.7. The van der Waals surface area contributed by atoms with Gasteiger partial charge in [-0.25, -0.2) is 4.98 Å². The number of fused-ring (bicyclic) bond motifs is 1. The number of likely N-dealkylation sites (tertiary alicyclic amines) is 1. The van der Waals surface area contributed by atoms with Gasteiger partial charge in [0.2, 0.25) is 5.89 Å². The van der Waals surface area contributed by atoms with Gasteiger partial charge in [-0.1, -0.05) is 6.92 Å². The molecule has 29 heavy (non-hydrogen) atoms. The van der Waals surface area contributed by atoms with E-state index in [4.69, 9.17) is 4.42 Å². The lowest BCUT2D eigenvalue weighted by Gasteiger charge is -2.29. The fourth-order valence-corrected chi connectivity index (χ4v) is 3.96. The van der Waals surface area contributed by atoms with Crippen LogP contribution >= 0.6 is 0 Å². The maximum absolute atomic E-state index is 13.0. The number of oxazole rings is 1. The molecule has 1 N–H and O–H groups in total. The van der Waals surface area contributed by atoms with Gasteiger partial charge in [0.15, 0.2) is 11.2 Å². The Morgan fingerprint density at radius 3 is 2.72 bits per heavy atom. The molecule has 0 aliphatic carbocycles. The monoisotopic (exact) mass is 405 g/mol. The Balaban J connectivity index is 1.70. The summed E-state index contributed by atoms with van der Waals surface area (Å²) in [4.78, 5) is 11.3. The minimum atomic E-state index is -4.52. The summed E-state index contributed by atoms with van der Waals surface area (Å²) in [6.07, 6.45) is -2.45. The van der Waals surface area contributed by atoms with Crippen LogP contribution in [-0.4, -0.2) is 39.6 Å². The van der Waals surface area contributed by atoms with Crippen LogP contribution in [0, 0.1) is 6.92 Å². The van der Waals surface area contributed by atoms with Crippen LogP contribution < -0.4 is 0 Å². The average molecular weight is 405 g/mol. The number of phenols is 1. The number of rotatable bonds is 3. The molecule has 1 aromatic carbocycles. The summed E-state index contributed by atoms with van der Waals surface area (Å²) >= 11 is 0. The zero-order chi connectivity index (χ0) is 20.8. The van der Waals surface area contributed by atoms with Gasteiger partial charge < -0.3 is 14.4 Å². The van der Waals surface area contributed by atoms with Gasteiger partial charge in [-0.05, 0) is 62.7 Å². The standard InChI is InChI=1S/C21H22F3N3O2/c1-3-27-8-4-5-13(11-27)20-26-19-17(29-20)7-6-15(25-19)18-12(2)9-14(10-16(18)28)21(22,23)24/h6-7,9-10,13,28H,3-5,8,11H2,1-2H3. The lowest BCUT2D eigenvalue weighted by molar-refractivity contribution is -0.137. The van der Waals surface area contributed by atoms with E-state index in [2.05, 4.69) is 21.8 Å². The number of likely N-dealkylation sites (N-methyl/N-ethyl adjacent to an activating group) is 1. The Morgan fingerprint density at radius 1 is 1.24 bits per heavy atom. The van der Waals surface area contributed by atoms with E-state index < -0.39 is 17.5 Å². The molecule has 8 heteroatoms. The highest BCUT2D eigenvalue weighted by Crippen LogP contribution is 2.39. The molecule has 0 saturated carbocycles. The number of piperidine rings is 1. The van der Waals surface area contributed by atoms with Crippen molar-refractivity contribution in [1.29, 1.82) is 0 Å². The van der Waals surface area contributed by atoms with Crippen LogP contribution in [0.3, 0.4) is 0 Å². The molecule has 5 nitrogen and oxygen atoms in total. The van der Waals surface area contributed by atoms with Gasteiger partial charge in [-0.2, -0.15) is 18.2 Å². The van der Waals surface area contributed by atoms with Crippen molar-refractivity contribution in [2.45, 2.75) is 38.8 Å². The zero-order valence-electron chi connectivity index (χ0n) is 16.3. The Kier molecular flexibility index (Phi) is 4.98. The predicted molar refractivity (Wildman–Crippen MR) is 103 cm³/mol. The number of hydrogen-bond donors (Lipinski definition) is 1. The highest BCUT2D eigenvalue weighted by atomic mass is 19.4. The third-order valence-corrected chi connectivity index (χ3v) is 5.47. The number of alkyl halides is 3. The van der Waals surface area contributed by atoms with Gasteiger partial charge >= 0.3 is 6.18 Å². The predicted octanol–water partition coefficient (Wildman–Crippen LogP) is 5.12. The van der Waals surface area contributed by atoms with Crippen LogP contribution in [0.25, 0.3) is 22.5 Å². The van der Waals surface area contributed by atoms with Crippen molar-refractivity contribution in [1.82, 2.24) is 14.9 Å². The van der Waals surface area contributed by atoms with E-state index in [0.717, 1.165) is 44.6 Å². The van der Waals surface area contributed by atoms with Crippen molar-refractivity contribution in [3.63, 3.8) is 0 Å². The van der Waals surface area contributed by atoms with Gasteiger partial charge in [0.1, 0.15) is 5.75 Å². The summed E-state index contributed by atoms with van der Waals surface area (Å²) in [7, 11) is 0. The molecule has 3 aromatic rings. The van der Waals surface area contributed by atoms with E-state index in [9.17, 15) is 18.3 Å². The molecule has 0 radical (unpaired) electrons. The molecule has 154 valence electrons. The highest BCUT2D eigenvalue weighted by Gasteiger charge is 2.32. The first-order chi connectivity index (χ1) is 13.8. The minimum Gasteiger partial charge on any atom is -0.507 e. The summed E-state index contributed by atoms with van der Waals surface area (Å²) in [5.41, 5.74) is 0.947. The maximum atomic E-state index is 13.0. The number of halogens is 3. The number of aryl methyl sites for hydroxylation is 1. The molecule has 1 saturated heterocycles. The zero-order valence-corrected chi connectivity index (χ0v) is 16.3. The van der Waals surface area contributed by atoms with Crippen LogP contribution in [0.4, 0.5) is 13.2 Å². The Morgan fingerprint density at radius 2 is 2.03 bits per heavy atom. The quantitative estimate of drug-likeness (QED) is 0.655. The van der Waals surface area contributed by atoms with Crippen LogP contribution in [0.15, 0.2) is 28.7 Å². The lowest BCUT2D eigenvalue weighted by atomic mass is 9.98. The molecule has 0 spiro atoms. The van der Waals surface area contributed by atoms with Crippen molar-refractivity contribution in [3.05, 3.63) is 41.3 Å².